The highest BCUT2D eigenvalue weighted by molar-refractivity contribution is 6.30. The van der Waals surface area contributed by atoms with Gasteiger partial charge in [0.15, 0.2) is 0 Å². The first-order chi connectivity index (χ1) is 9.11. The Hall–Kier alpha value is -2.01. The molecule has 1 aromatic carbocycles. The number of hydrogen-bond acceptors (Lipinski definition) is 3. The number of phenols is 1. The van der Waals surface area contributed by atoms with E-state index in [1.165, 1.54) is 12.1 Å². The van der Waals surface area contributed by atoms with Gasteiger partial charge in [-0.1, -0.05) is 18.5 Å². The van der Waals surface area contributed by atoms with Gasteiger partial charge in [-0.15, -0.1) is 0 Å². The Kier molecular flexibility index (Phi) is 4.06. The monoisotopic (exact) mass is 279 g/mol. The Morgan fingerprint density at radius 3 is 2.95 bits per heavy atom. The molecule has 0 fully saturated rings. The number of H-pyrrole nitrogens is 1. The molecule has 5 nitrogen and oxygen atoms in total. The largest absolute Gasteiger partial charge is 0.507 e. The van der Waals surface area contributed by atoms with Gasteiger partial charge >= 0.3 is 0 Å². The van der Waals surface area contributed by atoms with E-state index in [2.05, 4.69) is 15.3 Å². The summed E-state index contributed by atoms with van der Waals surface area (Å²) in [5, 5.41) is 12.9. The molecule has 0 bridgehead atoms. The lowest BCUT2D eigenvalue weighted by molar-refractivity contribution is 0.0931. The van der Waals surface area contributed by atoms with Crippen LogP contribution in [-0.4, -0.2) is 21.0 Å². The third-order valence-electron chi connectivity index (χ3n) is 2.77. The van der Waals surface area contributed by atoms with Crippen LogP contribution in [0.3, 0.4) is 0 Å². The smallest absolute Gasteiger partial charge is 0.255 e. The average molecular weight is 280 g/mol. The summed E-state index contributed by atoms with van der Waals surface area (Å²) in [6.07, 6.45) is 4.02. The second-order valence-corrected chi connectivity index (χ2v) is 4.51. The summed E-state index contributed by atoms with van der Waals surface area (Å²) in [4.78, 5) is 19.2. The Morgan fingerprint density at radius 2 is 2.37 bits per heavy atom. The number of nitrogens with one attached hydrogen (secondary N) is 2. The van der Waals surface area contributed by atoms with Crippen molar-refractivity contribution in [1.82, 2.24) is 15.3 Å². The SMILES string of the molecule is CCC(NC(=O)c1ccc(Cl)cc1O)c1ncc[nH]1. The molecule has 0 saturated carbocycles. The van der Waals surface area contributed by atoms with Gasteiger partial charge in [-0.3, -0.25) is 4.79 Å². The van der Waals surface area contributed by atoms with Crippen molar-refractivity contribution >= 4 is 17.5 Å². The van der Waals surface area contributed by atoms with Crippen LogP contribution in [0.5, 0.6) is 5.75 Å². The second kappa shape index (κ2) is 5.75. The summed E-state index contributed by atoms with van der Waals surface area (Å²) in [6.45, 7) is 1.94. The number of halogens is 1. The Morgan fingerprint density at radius 1 is 1.58 bits per heavy atom. The van der Waals surface area contributed by atoms with Crippen molar-refractivity contribution in [2.24, 2.45) is 0 Å². The van der Waals surface area contributed by atoms with Crippen LogP contribution in [0.1, 0.15) is 35.6 Å². The predicted octanol–water partition coefficient (Wildman–Crippen LogP) is 2.65. The molecule has 1 atom stereocenters. The highest BCUT2D eigenvalue weighted by Gasteiger charge is 2.18. The summed E-state index contributed by atoms with van der Waals surface area (Å²) in [7, 11) is 0. The van der Waals surface area contributed by atoms with E-state index < -0.39 is 0 Å². The van der Waals surface area contributed by atoms with Gasteiger partial charge in [0.05, 0.1) is 11.6 Å². The summed E-state index contributed by atoms with van der Waals surface area (Å²) >= 11 is 5.73. The number of aromatic amines is 1. The van der Waals surface area contributed by atoms with Crippen LogP contribution in [-0.2, 0) is 0 Å². The zero-order valence-corrected chi connectivity index (χ0v) is 11.1. The quantitative estimate of drug-likeness (QED) is 0.805. The van der Waals surface area contributed by atoms with E-state index in [1.807, 2.05) is 6.92 Å². The van der Waals surface area contributed by atoms with E-state index in [-0.39, 0.29) is 23.3 Å². The minimum atomic E-state index is -0.364. The summed E-state index contributed by atoms with van der Waals surface area (Å²) in [6, 6.07) is 4.16. The third kappa shape index (κ3) is 3.06. The maximum absolute atomic E-state index is 12.1. The molecule has 6 heteroatoms. The molecule has 0 spiro atoms. The second-order valence-electron chi connectivity index (χ2n) is 4.07. The van der Waals surface area contributed by atoms with E-state index in [1.54, 1.807) is 18.5 Å². The fourth-order valence-corrected chi connectivity index (χ4v) is 1.93. The molecule has 2 rings (SSSR count). The number of carbonyl (C=O) groups is 1. The minimum absolute atomic E-state index is 0.140. The van der Waals surface area contributed by atoms with Crippen molar-refractivity contribution in [3.63, 3.8) is 0 Å². The number of amides is 1. The van der Waals surface area contributed by atoms with Gasteiger partial charge < -0.3 is 15.4 Å². The van der Waals surface area contributed by atoms with Crippen molar-refractivity contribution in [2.45, 2.75) is 19.4 Å². The zero-order chi connectivity index (χ0) is 13.8. The normalized spacial score (nSPS) is 12.1. The first kappa shape index (κ1) is 13.4. The van der Waals surface area contributed by atoms with Crippen LogP contribution in [0.4, 0.5) is 0 Å². The number of hydrogen-bond donors (Lipinski definition) is 3. The zero-order valence-electron chi connectivity index (χ0n) is 10.4. The molecule has 0 aliphatic carbocycles. The fraction of sp³-hybridized carbons (Fsp3) is 0.231. The number of phenolic OH excluding ortho intramolecular Hbond substituents is 1. The molecule has 1 amide bonds. The minimum Gasteiger partial charge on any atom is -0.507 e. The van der Waals surface area contributed by atoms with Gasteiger partial charge in [0.1, 0.15) is 11.6 Å². The Balaban J connectivity index is 2.16. The lowest BCUT2D eigenvalue weighted by atomic mass is 10.1. The van der Waals surface area contributed by atoms with E-state index in [0.29, 0.717) is 17.3 Å². The highest BCUT2D eigenvalue weighted by atomic mass is 35.5. The molecule has 1 heterocycles. The van der Waals surface area contributed by atoms with Crippen molar-refractivity contribution in [2.75, 3.05) is 0 Å². The molecular weight excluding hydrogens is 266 g/mol. The lowest BCUT2D eigenvalue weighted by Gasteiger charge is -2.15. The molecule has 0 aliphatic heterocycles. The van der Waals surface area contributed by atoms with Gasteiger partial charge in [0.25, 0.3) is 5.91 Å². The first-order valence-corrected chi connectivity index (χ1v) is 6.28. The van der Waals surface area contributed by atoms with Gasteiger partial charge in [-0.2, -0.15) is 0 Å². The lowest BCUT2D eigenvalue weighted by Crippen LogP contribution is -2.28. The van der Waals surface area contributed by atoms with Gasteiger partial charge in [-0.25, -0.2) is 4.98 Å². The van der Waals surface area contributed by atoms with Gasteiger partial charge in [0.2, 0.25) is 0 Å². The van der Waals surface area contributed by atoms with Crippen LogP contribution >= 0.6 is 11.6 Å². The summed E-state index contributed by atoms with van der Waals surface area (Å²) in [5.41, 5.74) is 0.189. The van der Waals surface area contributed by atoms with Crippen LogP contribution in [0.2, 0.25) is 5.02 Å². The van der Waals surface area contributed by atoms with E-state index in [4.69, 9.17) is 11.6 Å². The molecule has 100 valence electrons. The first-order valence-electron chi connectivity index (χ1n) is 5.90. The molecule has 0 aliphatic rings. The topological polar surface area (TPSA) is 78.0 Å². The molecule has 1 aromatic heterocycles. The molecular formula is C13H14ClN3O2. The van der Waals surface area contributed by atoms with Crippen LogP contribution < -0.4 is 5.32 Å². The van der Waals surface area contributed by atoms with Crippen molar-refractivity contribution in [3.05, 3.63) is 47.0 Å². The summed E-state index contributed by atoms with van der Waals surface area (Å²) in [5.74, 6) is 0.181. The molecule has 3 N–H and O–H groups in total. The molecule has 19 heavy (non-hydrogen) atoms. The van der Waals surface area contributed by atoms with Crippen molar-refractivity contribution in [3.8, 4) is 5.75 Å². The number of rotatable bonds is 4. The van der Waals surface area contributed by atoms with Crippen LogP contribution in [0, 0.1) is 0 Å². The van der Waals surface area contributed by atoms with Crippen LogP contribution in [0.15, 0.2) is 30.6 Å². The van der Waals surface area contributed by atoms with Crippen LogP contribution in [0.25, 0.3) is 0 Å². The molecule has 0 saturated heterocycles. The maximum atomic E-state index is 12.1. The van der Waals surface area contributed by atoms with Crippen molar-refractivity contribution < 1.29 is 9.90 Å². The summed E-state index contributed by atoms with van der Waals surface area (Å²) < 4.78 is 0. The third-order valence-corrected chi connectivity index (χ3v) is 3.00. The average Bonchev–Trinajstić information content (AvgIpc) is 2.89. The predicted molar refractivity (Wildman–Crippen MR) is 72.2 cm³/mol. The van der Waals surface area contributed by atoms with Gasteiger partial charge in [-0.05, 0) is 24.6 Å². The van der Waals surface area contributed by atoms with E-state index in [9.17, 15) is 9.90 Å². The van der Waals surface area contributed by atoms with Crippen molar-refractivity contribution in [1.29, 1.82) is 0 Å². The number of aromatic nitrogens is 2. The number of aromatic hydroxyl groups is 1. The number of nitrogens with zero attached hydrogens (tertiary/aromatic N) is 1. The number of benzene rings is 1. The van der Waals surface area contributed by atoms with E-state index >= 15 is 0 Å². The van der Waals surface area contributed by atoms with E-state index in [0.717, 1.165) is 0 Å². The Bertz CT molecular complexity index is 569. The number of carbonyl (C=O) groups excluding carboxylic acids is 1. The highest BCUT2D eigenvalue weighted by Crippen LogP contribution is 2.23. The molecule has 0 radical (unpaired) electrons. The molecule has 2 aromatic rings. The standard InChI is InChI=1S/C13H14ClN3O2/c1-2-10(12-15-5-6-16-12)17-13(19)9-4-3-8(14)7-11(9)18/h3-7,10,18H,2H2,1H3,(H,15,16)(H,17,19). The number of imidazole rings is 1. The maximum Gasteiger partial charge on any atom is 0.255 e. The van der Waals surface area contributed by atoms with Gasteiger partial charge in [0, 0.05) is 17.4 Å². The fourth-order valence-electron chi connectivity index (χ4n) is 1.76. The molecule has 1 unspecified atom stereocenters. The Labute approximate surface area is 115 Å².